The number of hydrogen-bond donors (Lipinski definition) is 3. The number of carbonyl (C=O) groups excluding carboxylic acids is 2. The Morgan fingerprint density at radius 2 is 1.62 bits per heavy atom. The zero-order valence-electron chi connectivity index (χ0n) is 17.1. The second-order valence-electron chi connectivity index (χ2n) is 6.99. The van der Waals surface area contributed by atoms with Gasteiger partial charge in [0.15, 0.2) is 5.11 Å². The van der Waals surface area contributed by atoms with Crippen molar-refractivity contribution in [2.75, 3.05) is 10.6 Å². The van der Waals surface area contributed by atoms with Gasteiger partial charge in [-0.15, -0.1) is 0 Å². The molecule has 0 unspecified atom stereocenters. The number of ether oxygens (including phenoxy) is 1. The monoisotopic (exact) mass is 413 g/mol. The molecule has 0 spiro atoms. The lowest BCUT2D eigenvalue weighted by molar-refractivity contribution is -0.118. The summed E-state index contributed by atoms with van der Waals surface area (Å²) in [6, 6.07) is 14.0. The maximum Gasteiger partial charge on any atom is 0.257 e. The highest BCUT2D eigenvalue weighted by molar-refractivity contribution is 7.80. The number of hydrogen-bond acceptors (Lipinski definition) is 4. The molecule has 7 heteroatoms. The van der Waals surface area contributed by atoms with Gasteiger partial charge < -0.3 is 15.4 Å². The fraction of sp³-hybridized carbons (Fsp3) is 0.318. The normalized spacial score (nSPS) is 11.5. The van der Waals surface area contributed by atoms with Crippen molar-refractivity contribution in [1.29, 1.82) is 0 Å². The topological polar surface area (TPSA) is 79.5 Å². The molecule has 2 rings (SSSR count). The summed E-state index contributed by atoms with van der Waals surface area (Å²) in [6.45, 7) is 7.69. The van der Waals surface area contributed by atoms with Crippen molar-refractivity contribution in [3.8, 4) is 5.75 Å². The predicted octanol–water partition coefficient (Wildman–Crippen LogP) is 4.59. The maximum atomic E-state index is 12.4. The van der Waals surface area contributed by atoms with Crippen LogP contribution >= 0.6 is 12.2 Å². The van der Waals surface area contributed by atoms with Gasteiger partial charge in [-0.3, -0.25) is 14.9 Å². The van der Waals surface area contributed by atoms with Gasteiger partial charge in [-0.05, 0) is 68.0 Å². The van der Waals surface area contributed by atoms with Crippen LogP contribution in [0.5, 0.6) is 5.75 Å². The van der Waals surface area contributed by atoms with Crippen molar-refractivity contribution in [3.05, 3.63) is 54.1 Å². The number of amides is 2. The van der Waals surface area contributed by atoms with Crippen molar-refractivity contribution in [2.24, 2.45) is 5.92 Å². The van der Waals surface area contributed by atoms with E-state index in [-0.39, 0.29) is 28.9 Å². The molecule has 0 fully saturated rings. The second kappa shape index (κ2) is 10.6. The largest absolute Gasteiger partial charge is 0.491 e. The van der Waals surface area contributed by atoms with E-state index in [1.54, 1.807) is 48.5 Å². The minimum atomic E-state index is -0.318. The van der Waals surface area contributed by atoms with E-state index in [9.17, 15) is 9.59 Å². The van der Waals surface area contributed by atoms with Crippen LogP contribution in [0.2, 0.25) is 0 Å². The number of carbonyl (C=O) groups is 2. The Kier molecular flexibility index (Phi) is 8.15. The molecule has 0 aliphatic heterocycles. The molecule has 154 valence electrons. The van der Waals surface area contributed by atoms with Crippen molar-refractivity contribution in [2.45, 2.75) is 40.2 Å². The molecule has 0 radical (unpaired) electrons. The molecule has 2 aromatic carbocycles. The van der Waals surface area contributed by atoms with E-state index in [1.807, 2.05) is 27.7 Å². The SMILES string of the molecule is CC[C@H](C)Oc1ccc(C(=O)NC(=S)Nc2cccc(NC(=O)C(C)C)c2)cc1. The van der Waals surface area contributed by atoms with Crippen molar-refractivity contribution >= 4 is 40.5 Å². The molecule has 29 heavy (non-hydrogen) atoms. The Morgan fingerprint density at radius 1 is 1.00 bits per heavy atom. The van der Waals surface area contributed by atoms with E-state index in [2.05, 4.69) is 16.0 Å². The van der Waals surface area contributed by atoms with Crippen LogP contribution in [-0.2, 0) is 4.79 Å². The average Bonchev–Trinajstić information content (AvgIpc) is 2.68. The Labute approximate surface area is 177 Å². The Hall–Kier alpha value is -2.93. The van der Waals surface area contributed by atoms with Crippen LogP contribution < -0.4 is 20.7 Å². The van der Waals surface area contributed by atoms with Gasteiger partial charge >= 0.3 is 0 Å². The Morgan fingerprint density at radius 3 is 2.21 bits per heavy atom. The third kappa shape index (κ3) is 7.19. The van der Waals surface area contributed by atoms with Gasteiger partial charge in [-0.1, -0.05) is 26.8 Å². The molecule has 0 heterocycles. The molecule has 2 amide bonds. The van der Waals surface area contributed by atoms with Gasteiger partial charge in [0, 0.05) is 22.9 Å². The van der Waals surface area contributed by atoms with Crippen molar-refractivity contribution in [3.63, 3.8) is 0 Å². The smallest absolute Gasteiger partial charge is 0.257 e. The van der Waals surface area contributed by atoms with E-state index in [4.69, 9.17) is 17.0 Å². The quantitative estimate of drug-likeness (QED) is 0.579. The number of anilines is 2. The molecule has 0 bridgehead atoms. The minimum absolute atomic E-state index is 0.0706. The summed E-state index contributed by atoms with van der Waals surface area (Å²) in [6.07, 6.45) is 1.03. The summed E-state index contributed by atoms with van der Waals surface area (Å²) >= 11 is 5.23. The lowest BCUT2D eigenvalue weighted by Crippen LogP contribution is -2.34. The highest BCUT2D eigenvalue weighted by Crippen LogP contribution is 2.17. The molecular formula is C22H27N3O3S. The first-order valence-electron chi connectivity index (χ1n) is 9.58. The third-order valence-corrected chi connectivity index (χ3v) is 4.37. The molecular weight excluding hydrogens is 386 g/mol. The zero-order valence-corrected chi connectivity index (χ0v) is 17.9. The van der Waals surface area contributed by atoms with Crippen LogP contribution in [0.4, 0.5) is 11.4 Å². The van der Waals surface area contributed by atoms with E-state index in [1.165, 1.54) is 0 Å². The molecule has 0 aliphatic rings. The molecule has 6 nitrogen and oxygen atoms in total. The first kappa shape index (κ1) is 22.4. The van der Waals surface area contributed by atoms with Gasteiger partial charge in [-0.2, -0.15) is 0 Å². The number of thiocarbonyl (C=S) groups is 1. The van der Waals surface area contributed by atoms with E-state index in [0.717, 1.165) is 12.2 Å². The van der Waals surface area contributed by atoms with Gasteiger partial charge in [0.25, 0.3) is 5.91 Å². The van der Waals surface area contributed by atoms with Crippen LogP contribution in [0.15, 0.2) is 48.5 Å². The lowest BCUT2D eigenvalue weighted by atomic mass is 10.2. The molecule has 0 aliphatic carbocycles. The van der Waals surface area contributed by atoms with Crippen LogP contribution in [0.1, 0.15) is 44.5 Å². The summed E-state index contributed by atoms with van der Waals surface area (Å²) in [5.74, 6) is 0.214. The van der Waals surface area contributed by atoms with E-state index >= 15 is 0 Å². The Balaban J connectivity index is 1.93. The standard InChI is InChI=1S/C22H27N3O3S/c1-5-15(4)28-19-11-9-16(10-12-19)21(27)25-22(29)24-18-8-6-7-17(13-18)23-20(26)14(2)3/h6-15H,5H2,1-4H3,(H,23,26)(H2,24,25,27,29)/t15-/m0/s1. The molecule has 0 saturated heterocycles. The summed E-state index contributed by atoms with van der Waals surface area (Å²) < 4.78 is 5.71. The lowest BCUT2D eigenvalue weighted by Gasteiger charge is -2.13. The molecule has 2 aromatic rings. The molecule has 0 aromatic heterocycles. The van der Waals surface area contributed by atoms with Crippen LogP contribution in [0.25, 0.3) is 0 Å². The summed E-state index contributed by atoms with van der Waals surface area (Å²) in [5, 5.41) is 8.59. The first-order valence-corrected chi connectivity index (χ1v) is 9.99. The number of rotatable bonds is 7. The molecule has 1 atom stereocenters. The van der Waals surface area contributed by atoms with Gasteiger partial charge in [0.05, 0.1) is 6.10 Å². The van der Waals surface area contributed by atoms with Gasteiger partial charge in [0.2, 0.25) is 5.91 Å². The van der Waals surface area contributed by atoms with Crippen molar-refractivity contribution < 1.29 is 14.3 Å². The fourth-order valence-corrected chi connectivity index (χ4v) is 2.51. The Bertz CT molecular complexity index is 866. The van der Waals surface area contributed by atoms with E-state index in [0.29, 0.717) is 16.9 Å². The second-order valence-corrected chi connectivity index (χ2v) is 7.40. The zero-order chi connectivity index (χ0) is 21.4. The fourth-order valence-electron chi connectivity index (χ4n) is 2.30. The summed E-state index contributed by atoms with van der Waals surface area (Å²) in [4.78, 5) is 24.2. The highest BCUT2D eigenvalue weighted by Gasteiger charge is 2.10. The third-order valence-electron chi connectivity index (χ3n) is 4.17. The van der Waals surface area contributed by atoms with Crippen LogP contribution in [0.3, 0.4) is 0 Å². The van der Waals surface area contributed by atoms with Gasteiger partial charge in [-0.25, -0.2) is 0 Å². The highest BCUT2D eigenvalue weighted by atomic mass is 32.1. The number of nitrogens with one attached hydrogen (secondary N) is 3. The molecule has 3 N–H and O–H groups in total. The average molecular weight is 414 g/mol. The number of benzene rings is 2. The minimum Gasteiger partial charge on any atom is -0.491 e. The van der Waals surface area contributed by atoms with Gasteiger partial charge in [0.1, 0.15) is 5.75 Å². The van der Waals surface area contributed by atoms with Crippen molar-refractivity contribution in [1.82, 2.24) is 5.32 Å². The van der Waals surface area contributed by atoms with Crippen LogP contribution in [-0.4, -0.2) is 23.0 Å². The maximum absolute atomic E-state index is 12.4. The van der Waals surface area contributed by atoms with E-state index < -0.39 is 0 Å². The first-order chi connectivity index (χ1) is 13.8. The predicted molar refractivity (Wildman–Crippen MR) is 120 cm³/mol. The van der Waals surface area contributed by atoms with Crippen LogP contribution in [0, 0.1) is 5.92 Å². The summed E-state index contributed by atoms with van der Waals surface area (Å²) in [5.41, 5.74) is 1.79. The molecule has 0 saturated carbocycles. The summed E-state index contributed by atoms with van der Waals surface area (Å²) in [7, 11) is 0.